The zero-order chi connectivity index (χ0) is 12.9. The molecular formula is C16H30S2. The third kappa shape index (κ3) is 9.38. The van der Waals surface area contributed by atoms with Crippen LogP contribution in [0.3, 0.4) is 0 Å². The zero-order valence-corrected chi connectivity index (χ0v) is 13.7. The fraction of sp³-hybridized carbons (Fsp3) is 0.875. The van der Waals surface area contributed by atoms with Gasteiger partial charge in [0.25, 0.3) is 0 Å². The Hall–Kier alpha value is 0.440. The summed E-state index contributed by atoms with van der Waals surface area (Å²) in [6.45, 7) is 2.29. The number of unbranched alkanes of at least 4 members (excludes halogenated alkanes) is 9. The van der Waals surface area contributed by atoms with Crippen LogP contribution in [0.25, 0.3) is 0 Å². The largest absolute Gasteiger partial charge is 0.120 e. The van der Waals surface area contributed by atoms with Gasteiger partial charge in [0.05, 0.1) is 0 Å². The Bertz CT molecular complexity index is 203. The molecule has 0 spiro atoms. The molecule has 1 saturated heterocycles. The van der Waals surface area contributed by atoms with Gasteiger partial charge in [0.2, 0.25) is 0 Å². The van der Waals surface area contributed by atoms with E-state index in [9.17, 15) is 0 Å². The van der Waals surface area contributed by atoms with E-state index in [2.05, 4.69) is 36.5 Å². The fourth-order valence-electron chi connectivity index (χ4n) is 2.24. The fourth-order valence-corrected chi connectivity index (χ4v) is 4.71. The van der Waals surface area contributed by atoms with Crippen LogP contribution in [0.5, 0.6) is 0 Å². The predicted octanol–water partition coefficient (Wildman–Crippen LogP) is 6.62. The Balaban J connectivity index is 1.80. The lowest BCUT2D eigenvalue weighted by molar-refractivity contribution is 0.566. The van der Waals surface area contributed by atoms with Gasteiger partial charge in [0.1, 0.15) is 0 Å². The molecule has 0 aromatic heterocycles. The van der Waals surface area contributed by atoms with Gasteiger partial charge in [-0.15, -0.1) is 23.5 Å². The van der Waals surface area contributed by atoms with Gasteiger partial charge in [-0.1, -0.05) is 64.4 Å². The van der Waals surface area contributed by atoms with Gasteiger partial charge in [0.15, 0.2) is 0 Å². The van der Waals surface area contributed by atoms with Crippen molar-refractivity contribution in [3.05, 3.63) is 10.3 Å². The van der Waals surface area contributed by atoms with E-state index in [1.54, 1.807) is 4.24 Å². The molecule has 0 unspecified atom stereocenters. The molecule has 0 N–H and O–H groups in total. The molecular weight excluding hydrogens is 256 g/mol. The molecule has 0 aromatic carbocycles. The van der Waals surface area contributed by atoms with E-state index in [4.69, 9.17) is 0 Å². The van der Waals surface area contributed by atoms with Crippen LogP contribution in [0, 0.1) is 0 Å². The molecule has 106 valence electrons. The molecule has 0 aliphatic carbocycles. The summed E-state index contributed by atoms with van der Waals surface area (Å²) in [6.07, 6.45) is 18.1. The first-order valence-corrected chi connectivity index (χ1v) is 9.86. The SMILES string of the molecule is CCCCCCCCCCCC=C1SCCCS1. The molecule has 1 aliphatic rings. The van der Waals surface area contributed by atoms with Gasteiger partial charge in [-0.3, -0.25) is 0 Å². The van der Waals surface area contributed by atoms with Crippen molar-refractivity contribution in [2.45, 2.75) is 77.6 Å². The van der Waals surface area contributed by atoms with Crippen molar-refractivity contribution < 1.29 is 0 Å². The summed E-state index contributed by atoms with van der Waals surface area (Å²) in [5, 5.41) is 0. The van der Waals surface area contributed by atoms with Gasteiger partial charge >= 0.3 is 0 Å². The molecule has 18 heavy (non-hydrogen) atoms. The topological polar surface area (TPSA) is 0 Å². The van der Waals surface area contributed by atoms with Crippen molar-refractivity contribution in [3.63, 3.8) is 0 Å². The van der Waals surface area contributed by atoms with Crippen molar-refractivity contribution in [1.29, 1.82) is 0 Å². The molecule has 2 heteroatoms. The molecule has 1 heterocycles. The van der Waals surface area contributed by atoms with Crippen molar-refractivity contribution in [3.8, 4) is 0 Å². The lowest BCUT2D eigenvalue weighted by Crippen LogP contribution is -1.91. The van der Waals surface area contributed by atoms with E-state index in [1.165, 1.54) is 82.1 Å². The van der Waals surface area contributed by atoms with E-state index in [-0.39, 0.29) is 0 Å². The second-order valence-electron chi connectivity index (χ2n) is 5.19. The van der Waals surface area contributed by atoms with Crippen molar-refractivity contribution in [1.82, 2.24) is 0 Å². The van der Waals surface area contributed by atoms with Gasteiger partial charge < -0.3 is 0 Å². The number of thioether (sulfide) groups is 2. The van der Waals surface area contributed by atoms with Gasteiger partial charge in [-0.2, -0.15) is 0 Å². The Labute approximate surface area is 123 Å². The highest BCUT2D eigenvalue weighted by atomic mass is 32.2. The molecule has 0 radical (unpaired) electrons. The van der Waals surface area contributed by atoms with E-state index in [0.717, 1.165) is 0 Å². The third-order valence-corrected chi connectivity index (χ3v) is 5.99. The minimum atomic E-state index is 1.31. The Morgan fingerprint density at radius 2 is 1.39 bits per heavy atom. The van der Waals surface area contributed by atoms with E-state index >= 15 is 0 Å². The first-order valence-electron chi connectivity index (χ1n) is 7.89. The monoisotopic (exact) mass is 286 g/mol. The van der Waals surface area contributed by atoms with Crippen LogP contribution >= 0.6 is 23.5 Å². The van der Waals surface area contributed by atoms with E-state index in [0.29, 0.717) is 0 Å². The lowest BCUT2D eigenvalue weighted by atomic mass is 10.1. The van der Waals surface area contributed by atoms with Crippen LogP contribution in [0.2, 0.25) is 0 Å². The van der Waals surface area contributed by atoms with Gasteiger partial charge in [0, 0.05) is 4.24 Å². The zero-order valence-electron chi connectivity index (χ0n) is 12.1. The molecule has 1 rings (SSSR count). The smallest absolute Gasteiger partial charge is 0.0360 e. The van der Waals surface area contributed by atoms with Crippen molar-refractivity contribution in [2.75, 3.05) is 11.5 Å². The normalized spacial score (nSPS) is 15.9. The summed E-state index contributed by atoms with van der Waals surface area (Å²) in [6, 6.07) is 0. The van der Waals surface area contributed by atoms with Crippen LogP contribution in [0.1, 0.15) is 77.6 Å². The minimum Gasteiger partial charge on any atom is -0.120 e. The first-order chi connectivity index (χ1) is 8.93. The third-order valence-electron chi connectivity index (χ3n) is 3.40. The maximum absolute atomic E-state index is 2.48. The molecule has 1 fully saturated rings. The average Bonchev–Trinajstić information content (AvgIpc) is 2.42. The average molecular weight is 287 g/mol. The molecule has 0 amide bonds. The predicted molar refractivity (Wildman–Crippen MR) is 89.5 cm³/mol. The Kier molecular flexibility index (Phi) is 11.4. The van der Waals surface area contributed by atoms with Crippen LogP contribution in [-0.4, -0.2) is 11.5 Å². The Morgan fingerprint density at radius 3 is 2.00 bits per heavy atom. The number of allylic oxidation sites excluding steroid dienone is 1. The van der Waals surface area contributed by atoms with E-state index in [1.807, 2.05) is 0 Å². The van der Waals surface area contributed by atoms with Crippen molar-refractivity contribution >= 4 is 23.5 Å². The second-order valence-corrected chi connectivity index (χ2v) is 7.72. The molecule has 0 saturated carbocycles. The summed E-state index contributed by atoms with van der Waals surface area (Å²) in [4.78, 5) is 0. The highest BCUT2D eigenvalue weighted by molar-refractivity contribution is 8.22. The van der Waals surface area contributed by atoms with Crippen LogP contribution < -0.4 is 0 Å². The summed E-state index contributed by atoms with van der Waals surface area (Å²) in [7, 11) is 0. The summed E-state index contributed by atoms with van der Waals surface area (Å²) < 4.78 is 1.60. The summed E-state index contributed by atoms with van der Waals surface area (Å²) in [5.41, 5.74) is 0. The van der Waals surface area contributed by atoms with Crippen molar-refractivity contribution in [2.24, 2.45) is 0 Å². The number of rotatable bonds is 10. The standard InChI is InChI=1S/C16H30S2/c1-2-3-4-5-6-7-8-9-10-11-13-16-17-14-12-15-18-16/h13H,2-12,14-15H2,1H3. The quantitative estimate of drug-likeness (QED) is 0.414. The summed E-state index contributed by atoms with van der Waals surface area (Å²) in [5.74, 6) is 2.69. The van der Waals surface area contributed by atoms with Gasteiger partial charge in [-0.05, 0) is 30.8 Å². The van der Waals surface area contributed by atoms with Crippen LogP contribution in [-0.2, 0) is 0 Å². The minimum absolute atomic E-state index is 1.31. The second kappa shape index (κ2) is 12.5. The number of hydrogen-bond acceptors (Lipinski definition) is 2. The number of hydrogen-bond donors (Lipinski definition) is 0. The highest BCUT2D eigenvalue weighted by Crippen LogP contribution is 2.34. The van der Waals surface area contributed by atoms with E-state index < -0.39 is 0 Å². The van der Waals surface area contributed by atoms with Crippen LogP contribution in [0.4, 0.5) is 0 Å². The maximum atomic E-state index is 2.48. The molecule has 0 bridgehead atoms. The Morgan fingerprint density at radius 1 is 0.833 bits per heavy atom. The maximum Gasteiger partial charge on any atom is 0.0360 e. The molecule has 0 nitrogen and oxygen atoms in total. The molecule has 1 aliphatic heterocycles. The van der Waals surface area contributed by atoms with Gasteiger partial charge in [-0.25, -0.2) is 0 Å². The van der Waals surface area contributed by atoms with Crippen LogP contribution in [0.15, 0.2) is 10.3 Å². The highest BCUT2D eigenvalue weighted by Gasteiger charge is 2.05. The lowest BCUT2D eigenvalue weighted by Gasteiger charge is -2.12. The summed E-state index contributed by atoms with van der Waals surface area (Å²) >= 11 is 4.13. The molecule has 0 aromatic rings. The molecule has 0 atom stereocenters. The first kappa shape index (κ1) is 16.5.